The van der Waals surface area contributed by atoms with E-state index in [2.05, 4.69) is 35.9 Å². The predicted octanol–water partition coefficient (Wildman–Crippen LogP) is 2.04. The van der Waals surface area contributed by atoms with Crippen LogP contribution in [0.25, 0.3) is 0 Å². The highest BCUT2D eigenvalue weighted by Gasteiger charge is 2.23. The number of carbonyl (C=O) groups excluding carboxylic acids is 1. The van der Waals surface area contributed by atoms with Crippen LogP contribution in [0, 0.1) is 0 Å². The van der Waals surface area contributed by atoms with Crippen molar-refractivity contribution in [2.24, 2.45) is 0 Å². The molecule has 2 aliphatic heterocycles. The smallest absolute Gasteiger partial charge is 0.253 e. The lowest BCUT2D eigenvalue weighted by Crippen LogP contribution is -2.49. The van der Waals surface area contributed by atoms with Gasteiger partial charge in [0.05, 0.1) is 13.2 Å². The Morgan fingerprint density at radius 3 is 1.93 bits per heavy atom. The summed E-state index contributed by atoms with van der Waals surface area (Å²) in [4.78, 5) is 18.9. The molecule has 2 aliphatic rings. The van der Waals surface area contributed by atoms with Crippen molar-refractivity contribution in [1.82, 2.24) is 15.1 Å². The Labute approximate surface area is 167 Å². The second kappa shape index (κ2) is 8.22. The molecule has 0 atom stereocenters. The summed E-state index contributed by atoms with van der Waals surface area (Å²) in [6.45, 7) is 6.05. The molecular weight excluding hydrogens is 410 g/mol. The fourth-order valence-electron chi connectivity index (χ4n) is 3.36. The summed E-state index contributed by atoms with van der Waals surface area (Å²) in [6.07, 6.45) is 0. The van der Waals surface area contributed by atoms with Gasteiger partial charge in [-0.3, -0.25) is 4.79 Å². The summed E-state index contributed by atoms with van der Waals surface area (Å²) >= 11 is 3.40. The van der Waals surface area contributed by atoms with Crippen LogP contribution >= 0.6 is 15.9 Å². The number of halogens is 1. The number of aromatic nitrogens is 2. The molecule has 142 valence electrons. The number of piperazine rings is 1. The minimum atomic E-state index is 0.0795. The van der Waals surface area contributed by atoms with E-state index in [0.717, 1.165) is 61.1 Å². The predicted molar refractivity (Wildman–Crippen MR) is 107 cm³/mol. The molecular formula is C19H22BrN5O2. The van der Waals surface area contributed by atoms with Crippen LogP contribution in [0.4, 0.5) is 11.6 Å². The highest BCUT2D eigenvalue weighted by Crippen LogP contribution is 2.19. The van der Waals surface area contributed by atoms with Crippen molar-refractivity contribution in [2.75, 3.05) is 62.3 Å². The second-order valence-corrected chi connectivity index (χ2v) is 7.55. The summed E-state index contributed by atoms with van der Waals surface area (Å²) in [5.74, 6) is 1.84. The second-order valence-electron chi connectivity index (χ2n) is 6.64. The highest BCUT2D eigenvalue weighted by molar-refractivity contribution is 9.10. The minimum absolute atomic E-state index is 0.0795. The Kier molecular flexibility index (Phi) is 5.54. The third kappa shape index (κ3) is 4.22. The molecule has 2 aromatic rings. The van der Waals surface area contributed by atoms with E-state index < -0.39 is 0 Å². The summed E-state index contributed by atoms with van der Waals surface area (Å²) < 4.78 is 6.35. The highest BCUT2D eigenvalue weighted by atomic mass is 79.9. The molecule has 1 amide bonds. The van der Waals surface area contributed by atoms with Gasteiger partial charge in [-0.25, -0.2) is 0 Å². The van der Waals surface area contributed by atoms with Crippen molar-refractivity contribution < 1.29 is 9.53 Å². The van der Waals surface area contributed by atoms with Crippen molar-refractivity contribution in [3.8, 4) is 0 Å². The maximum Gasteiger partial charge on any atom is 0.253 e. The Morgan fingerprint density at radius 1 is 0.815 bits per heavy atom. The third-order valence-electron chi connectivity index (χ3n) is 4.95. The molecule has 0 saturated carbocycles. The summed E-state index contributed by atoms with van der Waals surface area (Å²) in [5, 5.41) is 8.78. The van der Waals surface area contributed by atoms with Gasteiger partial charge in [0.1, 0.15) is 0 Å². The number of carbonyl (C=O) groups is 1. The summed E-state index contributed by atoms with van der Waals surface area (Å²) in [5.41, 5.74) is 0.723. The van der Waals surface area contributed by atoms with Crippen molar-refractivity contribution >= 4 is 33.5 Å². The van der Waals surface area contributed by atoms with Crippen molar-refractivity contribution in [2.45, 2.75) is 0 Å². The maximum atomic E-state index is 12.6. The van der Waals surface area contributed by atoms with Gasteiger partial charge in [-0.1, -0.05) is 15.9 Å². The van der Waals surface area contributed by atoms with Gasteiger partial charge in [0.25, 0.3) is 5.91 Å². The average Bonchev–Trinajstić information content (AvgIpc) is 2.75. The Bertz CT molecular complexity index is 770. The molecule has 2 fully saturated rings. The number of nitrogens with zero attached hydrogens (tertiary/aromatic N) is 5. The lowest BCUT2D eigenvalue weighted by atomic mass is 10.2. The van der Waals surface area contributed by atoms with E-state index in [-0.39, 0.29) is 5.91 Å². The topological polar surface area (TPSA) is 61.8 Å². The third-order valence-corrected chi connectivity index (χ3v) is 5.48. The Morgan fingerprint density at radius 2 is 1.37 bits per heavy atom. The quantitative estimate of drug-likeness (QED) is 0.740. The van der Waals surface area contributed by atoms with Crippen molar-refractivity contribution in [1.29, 1.82) is 0 Å². The molecule has 4 rings (SSSR count). The normalized spacial score (nSPS) is 17.9. The van der Waals surface area contributed by atoms with Gasteiger partial charge in [0.15, 0.2) is 11.6 Å². The van der Waals surface area contributed by atoms with Gasteiger partial charge in [-0.15, -0.1) is 10.2 Å². The van der Waals surface area contributed by atoms with Crippen LogP contribution in [0.5, 0.6) is 0 Å². The molecule has 0 unspecified atom stereocenters. The van der Waals surface area contributed by atoms with Crippen LogP contribution in [0.15, 0.2) is 40.9 Å². The first-order chi connectivity index (χ1) is 13.2. The zero-order valence-electron chi connectivity index (χ0n) is 15.1. The van der Waals surface area contributed by atoms with Gasteiger partial charge in [0, 0.05) is 49.3 Å². The number of morpholine rings is 1. The molecule has 27 heavy (non-hydrogen) atoms. The number of benzene rings is 1. The lowest BCUT2D eigenvalue weighted by molar-refractivity contribution is 0.0746. The van der Waals surface area contributed by atoms with E-state index in [1.165, 1.54) is 0 Å². The summed E-state index contributed by atoms with van der Waals surface area (Å²) in [6, 6.07) is 11.5. The van der Waals surface area contributed by atoms with Crippen LogP contribution in [-0.2, 0) is 4.74 Å². The monoisotopic (exact) mass is 431 g/mol. The lowest BCUT2D eigenvalue weighted by Gasteiger charge is -2.35. The van der Waals surface area contributed by atoms with E-state index in [9.17, 15) is 4.79 Å². The van der Waals surface area contributed by atoms with Crippen LogP contribution in [-0.4, -0.2) is 73.5 Å². The number of amides is 1. The average molecular weight is 432 g/mol. The first-order valence-electron chi connectivity index (χ1n) is 9.17. The fourth-order valence-corrected chi connectivity index (χ4v) is 3.63. The molecule has 0 radical (unpaired) electrons. The Hall–Kier alpha value is -2.19. The van der Waals surface area contributed by atoms with Gasteiger partial charge < -0.3 is 19.4 Å². The van der Waals surface area contributed by atoms with E-state index in [0.29, 0.717) is 13.1 Å². The number of hydrogen-bond donors (Lipinski definition) is 0. The molecule has 0 spiro atoms. The molecule has 1 aromatic heterocycles. The standard InChI is InChI=1S/C19H22BrN5O2/c20-16-3-1-15(2-4-16)19(26)25-9-7-23(8-10-25)17-5-6-18(22-21-17)24-11-13-27-14-12-24/h1-6H,7-14H2. The van der Waals surface area contributed by atoms with Crippen LogP contribution in [0.3, 0.4) is 0 Å². The minimum Gasteiger partial charge on any atom is -0.378 e. The van der Waals surface area contributed by atoms with Gasteiger partial charge in [-0.05, 0) is 36.4 Å². The molecule has 0 bridgehead atoms. The SMILES string of the molecule is O=C(c1ccc(Br)cc1)N1CCN(c2ccc(N3CCOCC3)nn2)CC1. The van der Waals surface area contributed by atoms with Gasteiger partial charge >= 0.3 is 0 Å². The molecule has 2 saturated heterocycles. The zero-order chi connectivity index (χ0) is 18.6. The summed E-state index contributed by atoms with van der Waals surface area (Å²) in [7, 11) is 0. The van der Waals surface area contributed by atoms with E-state index >= 15 is 0 Å². The van der Waals surface area contributed by atoms with Crippen molar-refractivity contribution in [3.05, 3.63) is 46.4 Å². The zero-order valence-corrected chi connectivity index (χ0v) is 16.6. The first kappa shape index (κ1) is 18.2. The molecule has 0 aliphatic carbocycles. The van der Waals surface area contributed by atoms with Crippen molar-refractivity contribution in [3.63, 3.8) is 0 Å². The van der Waals surface area contributed by atoms with Gasteiger partial charge in [-0.2, -0.15) is 0 Å². The molecule has 1 aromatic carbocycles. The molecule has 7 nitrogen and oxygen atoms in total. The largest absolute Gasteiger partial charge is 0.378 e. The van der Waals surface area contributed by atoms with E-state index in [1.54, 1.807) is 0 Å². The van der Waals surface area contributed by atoms with E-state index in [1.807, 2.05) is 41.3 Å². The Balaban J connectivity index is 1.34. The maximum absolute atomic E-state index is 12.6. The number of hydrogen-bond acceptors (Lipinski definition) is 6. The van der Waals surface area contributed by atoms with Gasteiger partial charge in [0.2, 0.25) is 0 Å². The fraction of sp³-hybridized carbons (Fsp3) is 0.421. The van der Waals surface area contributed by atoms with Crippen LogP contribution in [0.1, 0.15) is 10.4 Å². The van der Waals surface area contributed by atoms with E-state index in [4.69, 9.17) is 4.74 Å². The molecule has 0 N–H and O–H groups in total. The molecule has 8 heteroatoms. The number of rotatable bonds is 3. The van der Waals surface area contributed by atoms with Crippen LogP contribution < -0.4 is 9.80 Å². The number of anilines is 2. The number of ether oxygens (including phenoxy) is 1. The first-order valence-corrected chi connectivity index (χ1v) is 9.96. The molecule has 3 heterocycles. The van der Waals surface area contributed by atoms with Crippen LogP contribution in [0.2, 0.25) is 0 Å².